The maximum Gasteiger partial charge on any atom is 0.238 e. The Hall–Kier alpha value is -1.92. The van der Waals surface area contributed by atoms with Crippen LogP contribution in [-0.2, 0) is 9.59 Å². The molecule has 1 saturated carbocycles. The number of hydrogen-bond donors (Lipinski definition) is 0. The molecule has 1 atom stereocenters. The Kier molecular flexibility index (Phi) is 7.05. The molecule has 0 aromatic carbocycles. The van der Waals surface area contributed by atoms with E-state index in [-0.39, 0.29) is 23.8 Å². The highest BCUT2D eigenvalue weighted by Gasteiger charge is 2.34. The van der Waals surface area contributed by atoms with Crippen molar-refractivity contribution in [3.8, 4) is 0 Å². The van der Waals surface area contributed by atoms with Gasteiger partial charge in [-0.3, -0.25) is 9.59 Å². The molecule has 30 heavy (non-hydrogen) atoms. The predicted molar refractivity (Wildman–Crippen MR) is 113 cm³/mol. The fourth-order valence-corrected chi connectivity index (χ4v) is 5.40. The van der Waals surface area contributed by atoms with Crippen molar-refractivity contribution < 1.29 is 14.0 Å². The van der Waals surface area contributed by atoms with Gasteiger partial charge in [0.25, 0.3) is 0 Å². The zero-order chi connectivity index (χ0) is 20.9. The Labute approximate surface area is 179 Å². The second-order valence-electron chi connectivity index (χ2n) is 9.28. The Bertz CT molecular complexity index is 720. The van der Waals surface area contributed by atoms with Gasteiger partial charge in [-0.15, -0.1) is 10.2 Å². The standard InChI is InChI=1S/C23H36N4O3/c1-2-20(28)26-15-12-18(13-16-26)22-24-25-23(30-22)19-9-5-6-14-27(19)21(29)11-10-17-7-3-4-8-17/h17-19H,2-16H2,1H3/t19-/m0/s1. The van der Waals surface area contributed by atoms with Crippen molar-refractivity contribution in [2.24, 2.45) is 5.92 Å². The van der Waals surface area contributed by atoms with E-state index in [0.29, 0.717) is 24.6 Å². The molecule has 0 radical (unpaired) electrons. The number of carbonyl (C=O) groups is 2. The van der Waals surface area contributed by atoms with Crippen LogP contribution in [0, 0.1) is 5.92 Å². The van der Waals surface area contributed by atoms with Gasteiger partial charge >= 0.3 is 0 Å². The number of aromatic nitrogens is 2. The Morgan fingerprint density at radius 1 is 0.900 bits per heavy atom. The summed E-state index contributed by atoms with van der Waals surface area (Å²) >= 11 is 0. The highest BCUT2D eigenvalue weighted by atomic mass is 16.4. The van der Waals surface area contributed by atoms with Crippen molar-refractivity contribution in [3.63, 3.8) is 0 Å². The van der Waals surface area contributed by atoms with Crippen molar-refractivity contribution in [1.29, 1.82) is 0 Å². The SMILES string of the molecule is CCC(=O)N1CCC(c2nnc([C@@H]3CCCCN3C(=O)CCC3CCCC3)o2)CC1. The average molecular weight is 417 g/mol. The van der Waals surface area contributed by atoms with Crippen LogP contribution in [0.3, 0.4) is 0 Å². The molecular weight excluding hydrogens is 380 g/mol. The van der Waals surface area contributed by atoms with Crippen LogP contribution in [0.1, 0.15) is 108 Å². The third-order valence-electron chi connectivity index (χ3n) is 7.31. The molecule has 1 aliphatic carbocycles. The molecule has 0 N–H and O–H groups in total. The Balaban J connectivity index is 1.36. The summed E-state index contributed by atoms with van der Waals surface area (Å²) in [4.78, 5) is 28.8. The molecule has 0 unspecified atom stereocenters. The second-order valence-corrected chi connectivity index (χ2v) is 9.28. The van der Waals surface area contributed by atoms with Gasteiger partial charge in [0.15, 0.2) is 0 Å². The van der Waals surface area contributed by atoms with E-state index in [1.54, 1.807) is 0 Å². The molecule has 3 aliphatic rings. The lowest BCUT2D eigenvalue weighted by molar-refractivity contribution is -0.136. The van der Waals surface area contributed by atoms with Crippen LogP contribution < -0.4 is 0 Å². The molecule has 0 bridgehead atoms. The van der Waals surface area contributed by atoms with Crippen LogP contribution in [0.5, 0.6) is 0 Å². The van der Waals surface area contributed by atoms with Crippen LogP contribution in [0.4, 0.5) is 0 Å². The summed E-state index contributed by atoms with van der Waals surface area (Å²) in [6, 6.07) is -0.0714. The smallest absolute Gasteiger partial charge is 0.238 e. The molecular formula is C23H36N4O3. The lowest BCUT2D eigenvalue weighted by atomic mass is 9.96. The van der Waals surface area contributed by atoms with Crippen molar-refractivity contribution in [1.82, 2.24) is 20.0 Å². The van der Waals surface area contributed by atoms with Crippen LogP contribution in [0.25, 0.3) is 0 Å². The molecule has 3 fully saturated rings. The first-order chi connectivity index (χ1) is 14.7. The van der Waals surface area contributed by atoms with Gasteiger partial charge in [-0.1, -0.05) is 32.6 Å². The Morgan fingerprint density at radius 2 is 1.60 bits per heavy atom. The molecule has 0 spiro atoms. The molecule has 2 aliphatic heterocycles. The first kappa shape index (κ1) is 21.3. The summed E-state index contributed by atoms with van der Waals surface area (Å²) in [5, 5.41) is 8.71. The molecule has 1 aromatic rings. The number of rotatable bonds is 6. The van der Waals surface area contributed by atoms with Gasteiger partial charge in [0.1, 0.15) is 6.04 Å². The van der Waals surface area contributed by atoms with E-state index in [1.165, 1.54) is 25.7 Å². The average Bonchev–Trinajstić information content (AvgIpc) is 3.49. The van der Waals surface area contributed by atoms with Crippen LogP contribution in [0.15, 0.2) is 4.42 Å². The topological polar surface area (TPSA) is 79.5 Å². The lowest BCUT2D eigenvalue weighted by Gasteiger charge is -2.34. The van der Waals surface area contributed by atoms with E-state index in [1.807, 2.05) is 16.7 Å². The second kappa shape index (κ2) is 9.92. The molecule has 7 nitrogen and oxygen atoms in total. The summed E-state index contributed by atoms with van der Waals surface area (Å²) < 4.78 is 6.12. The van der Waals surface area contributed by atoms with E-state index < -0.39 is 0 Å². The van der Waals surface area contributed by atoms with Gasteiger partial charge in [0, 0.05) is 38.4 Å². The van der Waals surface area contributed by atoms with E-state index in [4.69, 9.17) is 4.42 Å². The monoisotopic (exact) mass is 416 g/mol. The number of amides is 2. The van der Waals surface area contributed by atoms with Crippen LogP contribution >= 0.6 is 0 Å². The van der Waals surface area contributed by atoms with Crippen molar-refractivity contribution >= 4 is 11.8 Å². The van der Waals surface area contributed by atoms with E-state index in [2.05, 4.69) is 10.2 Å². The maximum atomic E-state index is 13.0. The number of likely N-dealkylation sites (tertiary alicyclic amines) is 2. The van der Waals surface area contributed by atoms with Crippen LogP contribution in [0.2, 0.25) is 0 Å². The van der Waals surface area contributed by atoms with Gasteiger partial charge in [-0.05, 0) is 44.4 Å². The number of nitrogens with zero attached hydrogens (tertiary/aromatic N) is 4. The normalized spacial score (nSPS) is 23.8. The Morgan fingerprint density at radius 3 is 2.33 bits per heavy atom. The quantitative estimate of drug-likeness (QED) is 0.694. The van der Waals surface area contributed by atoms with E-state index >= 15 is 0 Å². The zero-order valence-corrected chi connectivity index (χ0v) is 18.4. The molecule has 3 heterocycles. The third kappa shape index (κ3) is 4.86. The van der Waals surface area contributed by atoms with Gasteiger partial charge < -0.3 is 14.2 Å². The number of carbonyl (C=O) groups excluding carboxylic acids is 2. The fraction of sp³-hybridized carbons (Fsp3) is 0.826. The van der Waals surface area contributed by atoms with Gasteiger partial charge in [-0.25, -0.2) is 0 Å². The zero-order valence-electron chi connectivity index (χ0n) is 18.4. The highest BCUT2D eigenvalue weighted by Crippen LogP contribution is 2.35. The van der Waals surface area contributed by atoms with Crippen molar-refractivity contribution in [2.45, 2.75) is 95.9 Å². The first-order valence-corrected chi connectivity index (χ1v) is 12.1. The summed E-state index contributed by atoms with van der Waals surface area (Å²) in [5.74, 6) is 2.69. The van der Waals surface area contributed by atoms with Crippen LogP contribution in [-0.4, -0.2) is 51.4 Å². The minimum absolute atomic E-state index is 0.0714. The van der Waals surface area contributed by atoms with Crippen molar-refractivity contribution in [3.05, 3.63) is 11.8 Å². The van der Waals surface area contributed by atoms with Gasteiger partial charge in [0.05, 0.1) is 0 Å². The largest absolute Gasteiger partial charge is 0.423 e. The van der Waals surface area contributed by atoms with Gasteiger partial charge in [-0.2, -0.15) is 0 Å². The molecule has 166 valence electrons. The minimum atomic E-state index is -0.0714. The summed E-state index contributed by atoms with van der Waals surface area (Å²) in [7, 11) is 0. The number of piperidine rings is 2. The highest BCUT2D eigenvalue weighted by molar-refractivity contribution is 5.76. The summed E-state index contributed by atoms with van der Waals surface area (Å²) in [6.45, 7) is 4.21. The van der Waals surface area contributed by atoms with E-state index in [9.17, 15) is 9.59 Å². The molecule has 2 saturated heterocycles. The van der Waals surface area contributed by atoms with Crippen molar-refractivity contribution in [2.75, 3.05) is 19.6 Å². The summed E-state index contributed by atoms with van der Waals surface area (Å²) in [5.41, 5.74) is 0. The number of hydrogen-bond acceptors (Lipinski definition) is 5. The maximum absolute atomic E-state index is 13.0. The predicted octanol–water partition coefficient (Wildman–Crippen LogP) is 4.21. The minimum Gasteiger partial charge on any atom is -0.423 e. The molecule has 2 amide bonds. The molecule has 4 rings (SSSR count). The lowest BCUT2D eigenvalue weighted by Crippen LogP contribution is -2.38. The van der Waals surface area contributed by atoms with E-state index in [0.717, 1.165) is 64.1 Å². The third-order valence-corrected chi connectivity index (χ3v) is 7.31. The molecule has 1 aromatic heterocycles. The first-order valence-electron chi connectivity index (χ1n) is 12.1. The van der Waals surface area contributed by atoms with Gasteiger partial charge in [0.2, 0.25) is 23.6 Å². The summed E-state index contributed by atoms with van der Waals surface area (Å²) in [6.07, 6.45) is 12.2. The molecule has 7 heteroatoms. The fourth-order valence-electron chi connectivity index (χ4n) is 5.40.